The zero-order chi connectivity index (χ0) is 16.5. The summed E-state index contributed by atoms with van der Waals surface area (Å²) in [6.07, 6.45) is 0.385. The fourth-order valence-corrected chi connectivity index (χ4v) is 1.37. The van der Waals surface area contributed by atoms with Crippen LogP contribution in [0.3, 0.4) is 0 Å². The second-order valence-corrected chi connectivity index (χ2v) is 5.38. The first-order valence-electron chi connectivity index (χ1n) is 6.65. The van der Waals surface area contributed by atoms with Crippen molar-refractivity contribution in [2.75, 3.05) is 6.61 Å². The third-order valence-corrected chi connectivity index (χ3v) is 2.33. The van der Waals surface area contributed by atoms with Gasteiger partial charge in [-0.2, -0.15) is 4.89 Å². The lowest BCUT2D eigenvalue weighted by Crippen LogP contribution is -2.27. The van der Waals surface area contributed by atoms with E-state index in [9.17, 15) is 19.2 Å². The number of hydrogen-bond donors (Lipinski definition) is 0. The highest BCUT2D eigenvalue weighted by molar-refractivity contribution is 5.94. The molecule has 0 amide bonds. The standard InChI is InChI=1S/C14H22O7/c1-10(15)8-12(17)19-7-5-6-14(3,4)21-20-13(18)9-11(2)16/h5-9H2,1-4H3. The number of carbonyl (C=O) groups excluding carboxylic acids is 4. The molecule has 0 aromatic carbocycles. The van der Waals surface area contributed by atoms with Gasteiger partial charge in [-0.05, 0) is 40.5 Å². The molecule has 0 radical (unpaired) electrons. The Labute approximate surface area is 123 Å². The highest BCUT2D eigenvalue weighted by Crippen LogP contribution is 2.17. The summed E-state index contributed by atoms with van der Waals surface area (Å²) in [6.45, 7) is 6.15. The summed E-state index contributed by atoms with van der Waals surface area (Å²) in [5.41, 5.74) is -0.764. The Kier molecular flexibility index (Phi) is 8.45. The molecule has 0 aromatic heterocycles. The molecule has 0 bridgehead atoms. The molecular formula is C14H22O7. The van der Waals surface area contributed by atoms with E-state index in [2.05, 4.69) is 4.89 Å². The number of ether oxygens (including phenoxy) is 1. The van der Waals surface area contributed by atoms with Crippen LogP contribution in [0.1, 0.15) is 53.4 Å². The fourth-order valence-electron chi connectivity index (χ4n) is 1.37. The van der Waals surface area contributed by atoms with Gasteiger partial charge in [0.05, 0.1) is 6.61 Å². The predicted octanol–water partition coefficient (Wildman–Crippen LogP) is 1.52. The van der Waals surface area contributed by atoms with Crippen LogP contribution >= 0.6 is 0 Å². The number of rotatable bonds is 10. The highest BCUT2D eigenvalue weighted by atomic mass is 17.2. The van der Waals surface area contributed by atoms with Crippen LogP contribution in [0.5, 0.6) is 0 Å². The summed E-state index contributed by atoms with van der Waals surface area (Å²) in [7, 11) is 0. The summed E-state index contributed by atoms with van der Waals surface area (Å²) in [5, 5.41) is 0. The van der Waals surface area contributed by atoms with Gasteiger partial charge in [0, 0.05) is 0 Å². The summed E-state index contributed by atoms with van der Waals surface area (Å²) < 4.78 is 4.86. The normalized spacial score (nSPS) is 10.9. The second-order valence-electron chi connectivity index (χ2n) is 5.38. The molecule has 0 saturated carbocycles. The van der Waals surface area contributed by atoms with Crippen LogP contribution in [0.15, 0.2) is 0 Å². The van der Waals surface area contributed by atoms with Crippen LogP contribution in [-0.4, -0.2) is 35.7 Å². The SMILES string of the molecule is CC(=O)CC(=O)OCCCC(C)(C)OOC(=O)CC(C)=O. The van der Waals surface area contributed by atoms with E-state index in [0.717, 1.165) is 0 Å². The molecule has 0 spiro atoms. The first-order chi connectivity index (χ1) is 9.62. The zero-order valence-electron chi connectivity index (χ0n) is 12.9. The van der Waals surface area contributed by atoms with Crippen molar-refractivity contribution in [1.82, 2.24) is 0 Å². The smallest absolute Gasteiger partial charge is 0.349 e. The van der Waals surface area contributed by atoms with E-state index in [0.29, 0.717) is 12.8 Å². The highest BCUT2D eigenvalue weighted by Gasteiger charge is 2.22. The van der Waals surface area contributed by atoms with E-state index in [1.165, 1.54) is 13.8 Å². The monoisotopic (exact) mass is 302 g/mol. The van der Waals surface area contributed by atoms with E-state index in [1.807, 2.05) is 0 Å². The van der Waals surface area contributed by atoms with Crippen LogP contribution in [-0.2, 0) is 33.7 Å². The van der Waals surface area contributed by atoms with Gasteiger partial charge in [0.25, 0.3) is 0 Å². The maximum Gasteiger partial charge on any atom is 0.349 e. The largest absolute Gasteiger partial charge is 0.465 e. The van der Waals surface area contributed by atoms with Crippen molar-refractivity contribution >= 4 is 23.5 Å². The first-order valence-corrected chi connectivity index (χ1v) is 6.65. The van der Waals surface area contributed by atoms with Crippen molar-refractivity contribution < 1.29 is 33.7 Å². The molecule has 0 fully saturated rings. The van der Waals surface area contributed by atoms with Gasteiger partial charge in [-0.1, -0.05) is 0 Å². The van der Waals surface area contributed by atoms with Crippen molar-refractivity contribution in [3.8, 4) is 0 Å². The van der Waals surface area contributed by atoms with Gasteiger partial charge in [0.2, 0.25) is 0 Å². The number of Topliss-reactive ketones (excluding diaryl/α,β-unsaturated/α-hetero) is 2. The average Bonchev–Trinajstić information content (AvgIpc) is 2.31. The predicted molar refractivity (Wildman–Crippen MR) is 72.0 cm³/mol. The Bertz CT molecular complexity index is 398. The molecule has 0 aliphatic rings. The van der Waals surface area contributed by atoms with Crippen LogP contribution < -0.4 is 0 Å². The molecule has 0 heterocycles. The van der Waals surface area contributed by atoms with Crippen molar-refractivity contribution in [2.45, 2.75) is 59.0 Å². The third kappa shape index (κ3) is 11.7. The maximum atomic E-state index is 11.2. The summed E-state index contributed by atoms with van der Waals surface area (Å²) in [6, 6.07) is 0. The molecular weight excluding hydrogens is 280 g/mol. The topological polar surface area (TPSA) is 96.0 Å². The molecule has 21 heavy (non-hydrogen) atoms. The molecule has 0 aliphatic carbocycles. The van der Waals surface area contributed by atoms with E-state index >= 15 is 0 Å². The minimum absolute atomic E-state index is 0.153. The first kappa shape index (κ1) is 19.2. The molecule has 0 aliphatic heterocycles. The maximum absolute atomic E-state index is 11.2. The molecule has 0 aromatic rings. The number of carbonyl (C=O) groups is 4. The van der Waals surface area contributed by atoms with Crippen molar-refractivity contribution in [3.63, 3.8) is 0 Å². The molecule has 7 heteroatoms. The van der Waals surface area contributed by atoms with Gasteiger partial charge in [-0.25, -0.2) is 4.79 Å². The molecule has 0 unspecified atom stereocenters. The van der Waals surface area contributed by atoms with Crippen molar-refractivity contribution in [2.24, 2.45) is 0 Å². The molecule has 0 N–H and O–H groups in total. The molecule has 7 nitrogen and oxygen atoms in total. The minimum atomic E-state index is -0.764. The Morgan fingerprint density at radius 3 is 1.95 bits per heavy atom. The second kappa shape index (κ2) is 9.23. The summed E-state index contributed by atoms with van der Waals surface area (Å²) in [4.78, 5) is 53.2. The summed E-state index contributed by atoms with van der Waals surface area (Å²) in [5.74, 6) is -1.86. The Morgan fingerprint density at radius 1 is 0.905 bits per heavy atom. The molecule has 0 rings (SSSR count). The van der Waals surface area contributed by atoms with Gasteiger partial charge in [0.15, 0.2) is 0 Å². The third-order valence-electron chi connectivity index (χ3n) is 2.33. The Balaban J connectivity index is 3.87. The van der Waals surface area contributed by atoms with E-state index in [-0.39, 0.29) is 31.0 Å². The lowest BCUT2D eigenvalue weighted by atomic mass is 10.0. The van der Waals surface area contributed by atoms with Crippen molar-refractivity contribution in [3.05, 3.63) is 0 Å². The van der Waals surface area contributed by atoms with Gasteiger partial charge < -0.3 is 4.74 Å². The van der Waals surface area contributed by atoms with Crippen molar-refractivity contribution in [1.29, 1.82) is 0 Å². The number of esters is 1. The lowest BCUT2D eigenvalue weighted by molar-refractivity contribution is -0.326. The van der Waals surface area contributed by atoms with Gasteiger partial charge in [-0.3, -0.25) is 19.3 Å². The van der Waals surface area contributed by atoms with Gasteiger partial charge in [0.1, 0.15) is 30.0 Å². The van der Waals surface area contributed by atoms with Crippen LogP contribution in [0.4, 0.5) is 0 Å². The van der Waals surface area contributed by atoms with E-state index in [1.54, 1.807) is 13.8 Å². The fraction of sp³-hybridized carbons (Fsp3) is 0.714. The van der Waals surface area contributed by atoms with Crippen LogP contribution in [0, 0.1) is 0 Å². The van der Waals surface area contributed by atoms with Gasteiger partial charge in [-0.15, -0.1) is 0 Å². The number of ketones is 2. The van der Waals surface area contributed by atoms with Crippen LogP contribution in [0.2, 0.25) is 0 Å². The molecule has 0 saturated heterocycles. The quantitative estimate of drug-likeness (QED) is 0.198. The Hall–Kier alpha value is -1.76. The average molecular weight is 302 g/mol. The van der Waals surface area contributed by atoms with Gasteiger partial charge >= 0.3 is 11.9 Å². The Morgan fingerprint density at radius 2 is 1.43 bits per heavy atom. The van der Waals surface area contributed by atoms with Crippen LogP contribution in [0.25, 0.3) is 0 Å². The van der Waals surface area contributed by atoms with E-state index < -0.39 is 17.5 Å². The van der Waals surface area contributed by atoms with E-state index in [4.69, 9.17) is 9.62 Å². The number of hydrogen-bond acceptors (Lipinski definition) is 7. The minimum Gasteiger partial charge on any atom is -0.465 e. The summed E-state index contributed by atoms with van der Waals surface area (Å²) >= 11 is 0. The molecule has 0 atom stereocenters. The molecule has 120 valence electrons. The zero-order valence-corrected chi connectivity index (χ0v) is 12.9. The lowest BCUT2D eigenvalue weighted by Gasteiger charge is -2.22.